The number of anilines is 1. The van der Waals surface area contributed by atoms with E-state index in [0.29, 0.717) is 0 Å². The van der Waals surface area contributed by atoms with Gasteiger partial charge in [-0.05, 0) is 18.2 Å². The van der Waals surface area contributed by atoms with Crippen LogP contribution in [0, 0.1) is 11.7 Å². The summed E-state index contributed by atoms with van der Waals surface area (Å²) in [6.07, 6.45) is -4.57. The van der Waals surface area contributed by atoms with E-state index in [-0.39, 0.29) is 28.7 Å². The molecule has 1 aromatic carbocycles. The zero-order valence-electron chi connectivity index (χ0n) is 15.7. The van der Waals surface area contributed by atoms with Crippen LogP contribution in [0.3, 0.4) is 0 Å². The van der Waals surface area contributed by atoms with E-state index in [9.17, 15) is 22.4 Å². The van der Waals surface area contributed by atoms with Gasteiger partial charge in [0.05, 0.1) is 29.4 Å². The molecule has 1 aliphatic heterocycles. The number of rotatable bonds is 4. The third-order valence-corrected chi connectivity index (χ3v) is 5.36. The molecule has 0 radical (unpaired) electrons. The standard InChI is InChI=1S/C18H18F4N4O2S/c1-25-8-9(12-7-13(18(20,21)22)26(2)24-12)14(17(25)29)16(27)23-11-6-4-5-10(19)15(11)28-3/h4-7,9,14H,8H2,1-3H3,(H,23,27)/t9-,14+/m1/s1. The van der Waals surface area contributed by atoms with Crippen molar-refractivity contribution in [3.05, 3.63) is 41.5 Å². The van der Waals surface area contributed by atoms with Gasteiger partial charge in [0.25, 0.3) is 0 Å². The summed E-state index contributed by atoms with van der Waals surface area (Å²) in [6, 6.07) is 4.96. The molecular formula is C18H18F4N4O2S. The quantitative estimate of drug-likeness (QED) is 0.597. The number of hydrogen-bond acceptors (Lipinski definition) is 4. The smallest absolute Gasteiger partial charge is 0.433 e. The molecular weight excluding hydrogens is 412 g/mol. The monoisotopic (exact) mass is 430 g/mol. The number of carbonyl (C=O) groups is 1. The number of thiocarbonyl (C=S) groups is 1. The van der Waals surface area contributed by atoms with Gasteiger partial charge in [-0.2, -0.15) is 18.3 Å². The predicted octanol–water partition coefficient (Wildman–Crippen LogP) is 3.20. The fraction of sp³-hybridized carbons (Fsp3) is 0.389. The maximum atomic E-state index is 13.9. The molecule has 3 rings (SSSR count). The van der Waals surface area contributed by atoms with Gasteiger partial charge in [-0.15, -0.1) is 0 Å². The molecule has 0 aliphatic carbocycles. The van der Waals surface area contributed by atoms with Crippen LogP contribution in [-0.2, 0) is 18.0 Å². The highest BCUT2D eigenvalue weighted by Crippen LogP contribution is 2.38. The summed E-state index contributed by atoms with van der Waals surface area (Å²) in [7, 11) is 4.10. The molecule has 156 valence electrons. The lowest BCUT2D eigenvalue weighted by atomic mass is 9.91. The highest BCUT2D eigenvalue weighted by Gasteiger charge is 2.44. The van der Waals surface area contributed by atoms with Crippen molar-refractivity contribution in [2.24, 2.45) is 13.0 Å². The third kappa shape index (κ3) is 3.91. The van der Waals surface area contributed by atoms with Crippen molar-refractivity contribution in [2.45, 2.75) is 12.1 Å². The summed E-state index contributed by atoms with van der Waals surface area (Å²) in [5.41, 5.74) is -0.706. The number of carbonyl (C=O) groups excluding carboxylic acids is 1. The van der Waals surface area contributed by atoms with Gasteiger partial charge in [0.15, 0.2) is 11.6 Å². The molecule has 2 heterocycles. The minimum absolute atomic E-state index is 0.102. The first-order valence-corrected chi connectivity index (χ1v) is 8.95. The Balaban J connectivity index is 1.93. The number of amides is 1. The van der Waals surface area contributed by atoms with Gasteiger partial charge in [-0.1, -0.05) is 18.3 Å². The van der Waals surface area contributed by atoms with E-state index < -0.39 is 35.4 Å². The van der Waals surface area contributed by atoms with Crippen molar-refractivity contribution in [3.63, 3.8) is 0 Å². The predicted molar refractivity (Wildman–Crippen MR) is 101 cm³/mol. The van der Waals surface area contributed by atoms with Crippen LogP contribution in [0.1, 0.15) is 17.3 Å². The first-order chi connectivity index (χ1) is 13.5. The normalized spacial score (nSPS) is 19.6. The summed E-state index contributed by atoms with van der Waals surface area (Å²) in [5, 5.41) is 6.53. The average molecular weight is 430 g/mol. The van der Waals surface area contributed by atoms with Crippen LogP contribution in [0.4, 0.5) is 23.2 Å². The summed E-state index contributed by atoms with van der Waals surface area (Å²) >= 11 is 5.34. The number of hydrogen-bond donors (Lipinski definition) is 1. The topological polar surface area (TPSA) is 59.4 Å². The molecule has 0 unspecified atom stereocenters. The van der Waals surface area contributed by atoms with Crippen LogP contribution in [0.5, 0.6) is 5.75 Å². The highest BCUT2D eigenvalue weighted by atomic mass is 32.1. The van der Waals surface area contributed by atoms with Gasteiger partial charge in [0.1, 0.15) is 5.69 Å². The van der Waals surface area contributed by atoms with Crippen molar-refractivity contribution < 1.29 is 27.1 Å². The number of halogens is 4. The number of ether oxygens (including phenoxy) is 1. The molecule has 2 atom stereocenters. The van der Waals surface area contributed by atoms with E-state index in [0.717, 1.165) is 10.7 Å². The lowest BCUT2D eigenvalue weighted by Crippen LogP contribution is -2.32. The number of likely N-dealkylation sites (N-methyl/N-ethyl adjacent to an activating group) is 1. The van der Waals surface area contributed by atoms with Crippen LogP contribution in [0.25, 0.3) is 0 Å². The number of nitrogens with one attached hydrogen (secondary N) is 1. The zero-order chi connectivity index (χ0) is 21.5. The minimum atomic E-state index is -4.57. The van der Waals surface area contributed by atoms with Crippen molar-refractivity contribution in [1.82, 2.24) is 14.7 Å². The van der Waals surface area contributed by atoms with E-state index in [1.54, 1.807) is 11.9 Å². The summed E-state index contributed by atoms with van der Waals surface area (Å²) in [4.78, 5) is 14.8. The van der Waals surface area contributed by atoms with E-state index in [4.69, 9.17) is 17.0 Å². The maximum absolute atomic E-state index is 13.9. The molecule has 1 amide bonds. The van der Waals surface area contributed by atoms with E-state index in [2.05, 4.69) is 10.4 Å². The van der Waals surface area contributed by atoms with E-state index in [1.165, 1.54) is 32.4 Å². The van der Waals surface area contributed by atoms with Gasteiger partial charge in [0.2, 0.25) is 5.91 Å². The molecule has 11 heteroatoms. The lowest BCUT2D eigenvalue weighted by molar-refractivity contribution is -0.143. The average Bonchev–Trinajstić information content (AvgIpc) is 3.15. The lowest BCUT2D eigenvalue weighted by Gasteiger charge is -2.18. The molecule has 1 saturated heterocycles. The Labute approximate surface area is 169 Å². The Morgan fingerprint density at radius 2 is 2.03 bits per heavy atom. The second kappa shape index (κ2) is 7.62. The number of likely N-dealkylation sites (tertiary alicyclic amines) is 1. The second-order valence-corrected chi connectivity index (χ2v) is 7.11. The molecule has 29 heavy (non-hydrogen) atoms. The van der Waals surface area contributed by atoms with Gasteiger partial charge in [-0.25, -0.2) is 4.39 Å². The SMILES string of the molecule is COc1c(F)cccc1NC(=O)[C@H]1C(=S)N(C)C[C@@H]1c1cc(C(F)(F)F)n(C)n1. The van der Waals surface area contributed by atoms with E-state index in [1.807, 2.05) is 0 Å². The number of aryl methyl sites for hydroxylation is 1. The second-order valence-electron chi connectivity index (χ2n) is 6.69. The van der Waals surface area contributed by atoms with Crippen LogP contribution < -0.4 is 10.1 Å². The van der Waals surface area contributed by atoms with Crippen molar-refractivity contribution in [2.75, 3.05) is 26.0 Å². The van der Waals surface area contributed by atoms with Gasteiger partial charge < -0.3 is 15.0 Å². The maximum Gasteiger partial charge on any atom is 0.433 e. The fourth-order valence-electron chi connectivity index (χ4n) is 3.42. The molecule has 1 aliphatic rings. The Hall–Kier alpha value is -2.69. The van der Waals surface area contributed by atoms with Crippen molar-refractivity contribution in [3.8, 4) is 5.75 Å². The summed E-state index contributed by atoms with van der Waals surface area (Å²) in [5.74, 6) is -3.01. The van der Waals surface area contributed by atoms with Gasteiger partial charge >= 0.3 is 6.18 Å². The summed E-state index contributed by atoms with van der Waals surface area (Å²) < 4.78 is 59.0. The Morgan fingerprint density at radius 1 is 1.34 bits per heavy atom. The molecule has 0 bridgehead atoms. The van der Waals surface area contributed by atoms with Gasteiger partial charge in [-0.3, -0.25) is 9.48 Å². The number of alkyl halides is 3. The molecule has 0 saturated carbocycles. The largest absolute Gasteiger partial charge is 0.492 e. The Kier molecular flexibility index (Phi) is 5.52. The number of benzene rings is 1. The van der Waals surface area contributed by atoms with Crippen LogP contribution >= 0.6 is 12.2 Å². The molecule has 0 spiro atoms. The first kappa shape index (κ1) is 21.0. The van der Waals surface area contributed by atoms with Crippen LogP contribution in [0.15, 0.2) is 24.3 Å². The Bertz CT molecular complexity index is 960. The minimum Gasteiger partial charge on any atom is -0.492 e. The molecule has 1 fully saturated rings. The summed E-state index contributed by atoms with van der Waals surface area (Å²) in [6.45, 7) is 0.228. The number of nitrogens with zero attached hydrogens (tertiary/aromatic N) is 3. The van der Waals surface area contributed by atoms with Crippen LogP contribution in [-0.4, -0.2) is 46.3 Å². The van der Waals surface area contributed by atoms with Crippen molar-refractivity contribution >= 4 is 28.8 Å². The third-order valence-electron chi connectivity index (χ3n) is 4.80. The van der Waals surface area contributed by atoms with Crippen molar-refractivity contribution in [1.29, 1.82) is 0 Å². The molecule has 2 aromatic rings. The number of methoxy groups -OCH3 is 1. The van der Waals surface area contributed by atoms with Gasteiger partial charge in [0, 0.05) is 26.6 Å². The highest BCUT2D eigenvalue weighted by molar-refractivity contribution is 7.80. The molecule has 1 N–H and O–H groups in total. The van der Waals surface area contributed by atoms with E-state index >= 15 is 0 Å². The molecule has 6 nitrogen and oxygen atoms in total. The zero-order valence-corrected chi connectivity index (χ0v) is 16.6. The first-order valence-electron chi connectivity index (χ1n) is 8.54. The Morgan fingerprint density at radius 3 is 2.62 bits per heavy atom. The fourth-order valence-corrected chi connectivity index (χ4v) is 3.77. The number of para-hydroxylation sites is 1. The van der Waals surface area contributed by atoms with Crippen LogP contribution in [0.2, 0.25) is 0 Å². The number of aromatic nitrogens is 2. The molecule has 1 aromatic heterocycles.